The van der Waals surface area contributed by atoms with E-state index in [0.717, 1.165) is 9.87 Å². The first kappa shape index (κ1) is 26.1. The number of amides is 1. The molecule has 3 rings (SSSR count). The summed E-state index contributed by atoms with van der Waals surface area (Å²) in [5.41, 5.74) is 3.01. The topological polar surface area (TPSA) is 136 Å². The van der Waals surface area contributed by atoms with Crippen molar-refractivity contribution in [2.45, 2.75) is 31.3 Å². The first-order chi connectivity index (χ1) is 16.7. The molecule has 0 spiro atoms. The van der Waals surface area contributed by atoms with Gasteiger partial charge < -0.3 is 9.47 Å². The number of hydroxylamine groups is 1. The molecule has 0 fully saturated rings. The number of carbonyl (C=O) groups is 1. The summed E-state index contributed by atoms with van der Waals surface area (Å²) in [6, 6.07) is 12.0. The highest BCUT2D eigenvalue weighted by Gasteiger charge is 2.37. The van der Waals surface area contributed by atoms with E-state index in [1.165, 1.54) is 36.1 Å². The zero-order valence-electron chi connectivity index (χ0n) is 20.0. The lowest BCUT2D eigenvalue weighted by atomic mass is 10.0. The molecule has 12 heteroatoms. The van der Waals surface area contributed by atoms with Crippen molar-refractivity contribution < 1.29 is 27.9 Å². The molecule has 35 heavy (non-hydrogen) atoms. The third-order valence-electron chi connectivity index (χ3n) is 5.46. The lowest BCUT2D eigenvalue weighted by Crippen LogP contribution is -2.52. The van der Waals surface area contributed by atoms with E-state index in [1.807, 2.05) is 12.1 Å². The van der Waals surface area contributed by atoms with Crippen LogP contribution in [0.5, 0.6) is 11.5 Å². The minimum atomic E-state index is -4.12. The Morgan fingerprint density at radius 1 is 1.06 bits per heavy atom. The van der Waals surface area contributed by atoms with Crippen LogP contribution in [0.1, 0.15) is 13.8 Å². The van der Waals surface area contributed by atoms with Crippen LogP contribution in [0.2, 0.25) is 0 Å². The van der Waals surface area contributed by atoms with E-state index in [1.54, 1.807) is 44.8 Å². The standard InChI is InChI=1S/C23H29N5O6S/c1-16(2)22(23(29)25-30)28(35(31,32)20-11-9-19(34-4)10-12-20)14-13-27-15-21(24-26-27)17-5-7-18(33-3)8-6-17/h5-12,15-16,22,30H,13-14H2,1-4H3,(H,25,29)/t22-/m1/s1. The van der Waals surface area contributed by atoms with E-state index in [9.17, 15) is 18.4 Å². The second-order valence-corrected chi connectivity index (χ2v) is 9.94. The Kier molecular flexibility index (Phi) is 8.43. The first-order valence-electron chi connectivity index (χ1n) is 10.9. The van der Waals surface area contributed by atoms with Gasteiger partial charge in [0.15, 0.2) is 0 Å². The van der Waals surface area contributed by atoms with Crippen molar-refractivity contribution in [3.63, 3.8) is 0 Å². The highest BCUT2D eigenvalue weighted by atomic mass is 32.2. The van der Waals surface area contributed by atoms with Gasteiger partial charge in [-0.05, 0) is 54.4 Å². The van der Waals surface area contributed by atoms with Gasteiger partial charge in [0, 0.05) is 12.1 Å². The molecule has 0 saturated carbocycles. The van der Waals surface area contributed by atoms with Crippen molar-refractivity contribution in [2.75, 3.05) is 20.8 Å². The summed E-state index contributed by atoms with van der Waals surface area (Å²) >= 11 is 0. The Labute approximate surface area is 204 Å². The molecule has 2 N–H and O–H groups in total. The fourth-order valence-electron chi connectivity index (χ4n) is 3.63. The lowest BCUT2D eigenvalue weighted by Gasteiger charge is -2.31. The Bertz CT molecular complexity index is 1230. The summed E-state index contributed by atoms with van der Waals surface area (Å²) in [6.07, 6.45) is 1.69. The molecule has 0 aliphatic carbocycles. The Hall–Kier alpha value is -3.48. The maximum absolute atomic E-state index is 13.6. The minimum absolute atomic E-state index is 0.00722. The second-order valence-electron chi connectivity index (χ2n) is 8.05. The molecule has 1 aromatic heterocycles. The Morgan fingerprint density at radius 2 is 1.63 bits per heavy atom. The minimum Gasteiger partial charge on any atom is -0.497 e. The number of hydrogen-bond acceptors (Lipinski definition) is 8. The van der Waals surface area contributed by atoms with Crippen LogP contribution in [0, 0.1) is 5.92 Å². The molecule has 11 nitrogen and oxygen atoms in total. The fraction of sp³-hybridized carbons (Fsp3) is 0.348. The average molecular weight is 504 g/mol. The smallest absolute Gasteiger partial charge is 0.262 e. The van der Waals surface area contributed by atoms with E-state index in [0.29, 0.717) is 17.2 Å². The van der Waals surface area contributed by atoms with Crippen molar-refractivity contribution in [1.82, 2.24) is 24.8 Å². The maximum atomic E-state index is 13.6. The highest BCUT2D eigenvalue weighted by molar-refractivity contribution is 7.89. The van der Waals surface area contributed by atoms with Crippen LogP contribution >= 0.6 is 0 Å². The second kappa shape index (κ2) is 11.3. The van der Waals surface area contributed by atoms with Gasteiger partial charge in [-0.25, -0.2) is 13.9 Å². The van der Waals surface area contributed by atoms with Gasteiger partial charge in [-0.1, -0.05) is 19.1 Å². The molecule has 0 saturated heterocycles. The predicted molar refractivity (Wildman–Crippen MR) is 127 cm³/mol. The van der Waals surface area contributed by atoms with Gasteiger partial charge in [0.1, 0.15) is 23.2 Å². The molecule has 1 heterocycles. The van der Waals surface area contributed by atoms with E-state index < -0.39 is 27.9 Å². The number of sulfonamides is 1. The van der Waals surface area contributed by atoms with Crippen LogP contribution in [-0.2, 0) is 21.4 Å². The third-order valence-corrected chi connectivity index (χ3v) is 7.36. The molecule has 0 aliphatic heterocycles. The number of benzene rings is 2. The van der Waals surface area contributed by atoms with Gasteiger partial charge in [-0.3, -0.25) is 14.7 Å². The van der Waals surface area contributed by atoms with Gasteiger partial charge in [-0.15, -0.1) is 5.10 Å². The quantitative estimate of drug-likeness (QED) is 0.300. The van der Waals surface area contributed by atoms with E-state index in [2.05, 4.69) is 10.3 Å². The maximum Gasteiger partial charge on any atom is 0.262 e. The Morgan fingerprint density at radius 3 is 2.14 bits per heavy atom. The molecule has 3 aromatic rings. The first-order valence-corrected chi connectivity index (χ1v) is 12.3. The summed E-state index contributed by atoms with van der Waals surface area (Å²) in [5, 5.41) is 17.5. The van der Waals surface area contributed by atoms with Crippen LogP contribution in [0.25, 0.3) is 11.3 Å². The number of hydrogen-bond donors (Lipinski definition) is 2. The molecule has 0 unspecified atom stereocenters. The molecule has 1 amide bonds. The highest BCUT2D eigenvalue weighted by Crippen LogP contribution is 2.25. The van der Waals surface area contributed by atoms with Gasteiger partial charge >= 0.3 is 0 Å². The van der Waals surface area contributed by atoms with Gasteiger partial charge in [0.25, 0.3) is 5.91 Å². The van der Waals surface area contributed by atoms with E-state index in [4.69, 9.17) is 9.47 Å². The van der Waals surface area contributed by atoms with Crippen LogP contribution < -0.4 is 15.0 Å². The number of ether oxygens (including phenoxy) is 2. The molecule has 1 atom stereocenters. The van der Waals surface area contributed by atoms with Crippen molar-refractivity contribution in [1.29, 1.82) is 0 Å². The third kappa shape index (κ3) is 5.96. The number of methoxy groups -OCH3 is 2. The van der Waals surface area contributed by atoms with Crippen molar-refractivity contribution in [3.8, 4) is 22.8 Å². The summed E-state index contributed by atoms with van der Waals surface area (Å²) in [7, 11) is -1.06. The summed E-state index contributed by atoms with van der Waals surface area (Å²) < 4.78 is 40.0. The van der Waals surface area contributed by atoms with Crippen molar-refractivity contribution in [2.24, 2.45) is 5.92 Å². The number of carbonyl (C=O) groups excluding carboxylic acids is 1. The predicted octanol–water partition coefficient (Wildman–Crippen LogP) is 2.18. The molecule has 2 aromatic carbocycles. The van der Waals surface area contributed by atoms with E-state index >= 15 is 0 Å². The average Bonchev–Trinajstić information content (AvgIpc) is 3.34. The number of aromatic nitrogens is 3. The summed E-state index contributed by atoms with van der Waals surface area (Å²) in [6.45, 7) is 3.44. The Balaban J connectivity index is 1.89. The normalized spacial score (nSPS) is 12.5. The largest absolute Gasteiger partial charge is 0.497 e. The van der Waals surface area contributed by atoms with Crippen LogP contribution in [-0.4, -0.2) is 65.6 Å². The van der Waals surface area contributed by atoms with Crippen molar-refractivity contribution >= 4 is 15.9 Å². The summed E-state index contributed by atoms with van der Waals surface area (Å²) in [4.78, 5) is 12.5. The van der Waals surface area contributed by atoms with Crippen LogP contribution in [0.3, 0.4) is 0 Å². The summed E-state index contributed by atoms with van der Waals surface area (Å²) in [5.74, 6) is -0.0459. The number of nitrogens with zero attached hydrogens (tertiary/aromatic N) is 4. The number of rotatable bonds is 11. The molecular formula is C23H29N5O6S. The van der Waals surface area contributed by atoms with Gasteiger partial charge in [0.05, 0.1) is 31.9 Å². The molecule has 0 radical (unpaired) electrons. The fourth-order valence-corrected chi connectivity index (χ4v) is 5.34. The van der Waals surface area contributed by atoms with E-state index in [-0.39, 0.29) is 18.0 Å². The van der Waals surface area contributed by atoms with Crippen molar-refractivity contribution in [3.05, 3.63) is 54.7 Å². The molecule has 0 aliphatic rings. The lowest BCUT2D eigenvalue weighted by molar-refractivity contribution is -0.134. The zero-order chi connectivity index (χ0) is 25.6. The van der Waals surface area contributed by atoms with Gasteiger partial charge in [-0.2, -0.15) is 4.31 Å². The van der Waals surface area contributed by atoms with Crippen LogP contribution in [0.15, 0.2) is 59.6 Å². The van der Waals surface area contributed by atoms with Crippen LogP contribution in [0.4, 0.5) is 0 Å². The monoisotopic (exact) mass is 503 g/mol. The number of nitrogens with one attached hydrogen (secondary N) is 1. The molecule has 188 valence electrons. The SMILES string of the molecule is COc1ccc(-c2cn(CCN([C@@H](C(=O)NO)C(C)C)S(=O)(=O)c3ccc(OC)cc3)nn2)cc1. The molecular weight excluding hydrogens is 474 g/mol. The zero-order valence-corrected chi connectivity index (χ0v) is 20.8. The molecule has 0 bridgehead atoms. The van der Waals surface area contributed by atoms with Gasteiger partial charge in [0.2, 0.25) is 10.0 Å².